The number of hydrogen-bond donors (Lipinski definition) is 2. The van der Waals surface area contributed by atoms with Crippen molar-refractivity contribution >= 4 is 38.6 Å². The summed E-state index contributed by atoms with van der Waals surface area (Å²) in [5.74, 6) is -0.319. The van der Waals surface area contributed by atoms with Crippen LogP contribution in [0.25, 0.3) is 0 Å². The third-order valence-corrected chi connectivity index (χ3v) is 3.98. The molecule has 0 saturated carbocycles. The number of sulfonamides is 1. The van der Waals surface area contributed by atoms with E-state index in [0.717, 1.165) is 9.88 Å². The molecule has 0 aliphatic carbocycles. The first-order chi connectivity index (χ1) is 6.89. The lowest BCUT2D eigenvalue weighted by Crippen LogP contribution is -2.31. The number of aromatic nitrogens is 1. The predicted molar refractivity (Wildman–Crippen MR) is 64.3 cm³/mol. The van der Waals surface area contributed by atoms with Crippen LogP contribution in [-0.2, 0) is 16.6 Å². The number of thiocarbonyl (C=S) groups is 1. The summed E-state index contributed by atoms with van der Waals surface area (Å²) in [5.41, 5.74) is 5.15. The minimum atomic E-state index is -3.41. The zero-order valence-electron chi connectivity index (χ0n) is 8.06. The highest BCUT2D eigenvalue weighted by Gasteiger charge is 2.11. The van der Waals surface area contributed by atoms with E-state index in [4.69, 9.17) is 5.73 Å². The smallest absolute Gasteiger partial charge is 0.218 e. The Labute approximate surface area is 97.8 Å². The van der Waals surface area contributed by atoms with E-state index in [-0.39, 0.29) is 17.3 Å². The topological polar surface area (TPSA) is 85.1 Å². The maximum Gasteiger partial charge on any atom is 0.218 e. The number of hydrogen-bond acceptors (Lipinski definition) is 5. The lowest BCUT2D eigenvalue weighted by molar-refractivity contribution is 0.586. The summed E-state index contributed by atoms with van der Waals surface area (Å²) in [5, 5.41) is 0.901. The summed E-state index contributed by atoms with van der Waals surface area (Å²) < 4.78 is 25.0. The first-order valence-corrected chi connectivity index (χ1v) is 6.94. The molecule has 3 N–H and O–H groups in total. The highest BCUT2D eigenvalue weighted by molar-refractivity contribution is 7.92. The van der Waals surface area contributed by atoms with Crippen molar-refractivity contribution < 1.29 is 8.42 Å². The SMILES string of the molecule is Cc1ncc(CNS(=O)(=O)CC(N)=S)s1. The summed E-state index contributed by atoms with van der Waals surface area (Å²) in [4.78, 5) is 4.83. The van der Waals surface area contributed by atoms with E-state index in [2.05, 4.69) is 21.9 Å². The standard InChI is InChI=1S/C7H11N3O2S3/c1-5-9-2-6(14-5)3-10-15(11,12)4-7(8)13/h2,10H,3-4H2,1H3,(H2,8,13). The maximum atomic E-state index is 11.3. The summed E-state index contributed by atoms with van der Waals surface area (Å²) in [6.07, 6.45) is 1.64. The first kappa shape index (κ1) is 12.5. The molecular formula is C7H11N3O2S3. The lowest BCUT2D eigenvalue weighted by atomic mass is 10.6. The van der Waals surface area contributed by atoms with Gasteiger partial charge in [-0.25, -0.2) is 18.1 Å². The van der Waals surface area contributed by atoms with Gasteiger partial charge in [0.05, 0.1) is 10.00 Å². The summed E-state index contributed by atoms with van der Waals surface area (Å²) in [6, 6.07) is 0. The zero-order chi connectivity index (χ0) is 11.5. The molecule has 1 heterocycles. The third kappa shape index (κ3) is 4.65. The summed E-state index contributed by atoms with van der Waals surface area (Å²) in [6.45, 7) is 2.09. The van der Waals surface area contributed by atoms with Crippen LogP contribution in [0.5, 0.6) is 0 Å². The van der Waals surface area contributed by atoms with Crippen LogP contribution in [-0.4, -0.2) is 24.1 Å². The Morgan fingerprint density at radius 1 is 1.73 bits per heavy atom. The molecule has 15 heavy (non-hydrogen) atoms. The van der Waals surface area contributed by atoms with E-state index in [9.17, 15) is 8.42 Å². The van der Waals surface area contributed by atoms with E-state index in [1.54, 1.807) is 6.20 Å². The second-order valence-corrected chi connectivity index (χ2v) is 6.54. The fourth-order valence-corrected chi connectivity index (χ4v) is 3.05. The van der Waals surface area contributed by atoms with Crippen molar-refractivity contribution in [3.63, 3.8) is 0 Å². The van der Waals surface area contributed by atoms with E-state index in [1.165, 1.54) is 11.3 Å². The Morgan fingerprint density at radius 2 is 2.40 bits per heavy atom. The highest BCUT2D eigenvalue weighted by Crippen LogP contribution is 2.10. The predicted octanol–water partition coefficient (Wildman–Crippen LogP) is 0.157. The molecule has 0 bridgehead atoms. The molecule has 1 aromatic rings. The third-order valence-electron chi connectivity index (χ3n) is 1.47. The van der Waals surface area contributed by atoms with Gasteiger partial charge in [0.1, 0.15) is 5.75 Å². The largest absolute Gasteiger partial charge is 0.392 e. The first-order valence-electron chi connectivity index (χ1n) is 4.06. The van der Waals surface area contributed by atoms with E-state index in [0.29, 0.717) is 0 Å². The molecule has 0 saturated heterocycles. The molecule has 1 rings (SSSR count). The summed E-state index contributed by atoms with van der Waals surface area (Å²) in [7, 11) is -3.41. The molecule has 5 nitrogen and oxygen atoms in total. The van der Waals surface area contributed by atoms with Crippen molar-refractivity contribution in [1.82, 2.24) is 9.71 Å². The number of thiazole rings is 1. The monoisotopic (exact) mass is 265 g/mol. The Hall–Kier alpha value is -0.570. The average Bonchev–Trinajstić information content (AvgIpc) is 2.46. The van der Waals surface area contributed by atoms with Crippen LogP contribution in [0.3, 0.4) is 0 Å². The number of aryl methyl sites for hydroxylation is 1. The van der Waals surface area contributed by atoms with Crippen molar-refractivity contribution in [2.75, 3.05) is 5.75 Å². The van der Waals surface area contributed by atoms with Gasteiger partial charge in [0, 0.05) is 17.6 Å². The van der Waals surface area contributed by atoms with Crippen molar-refractivity contribution in [2.45, 2.75) is 13.5 Å². The van der Waals surface area contributed by atoms with Crippen LogP contribution in [0.4, 0.5) is 0 Å². The minimum absolute atomic E-state index is 0.0389. The van der Waals surface area contributed by atoms with Gasteiger partial charge in [-0.1, -0.05) is 12.2 Å². The number of nitrogens with one attached hydrogen (secondary N) is 1. The van der Waals surface area contributed by atoms with E-state index in [1.807, 2.05) is 6.92 Å². The molecule has 0 radical (unpaired) electrons. The summed E-state index contributed by atoms with van der Waals surface area (Å²) >= 11 is 5.97. The molecule has 0 aliphatic rings. The van der Waals surface area contributed by atoms with Crippen molar-refractivity contribution in [2.24, 2.45) is 5.73 Å². The van der Waals surface area contributed by atoms with Crippen LogP contribution in [0.2, 0.25) is 0 Å². The number of rotatable bonds is 5. The zero-order valence-corrected chi connectivity index (χ0v) is 10.5. The molecule has 0 aliphatic heterocycles. The van der Waals surface area contributed by atoms with Gasteiger partial charge in [0.25, 0.3) is 0 Å². The van der Waals surface area contributed by atoms with Gasteiger partial charge in [-0.2, -0.15) is 0 Å². The van der Waals surface area contributed by atoms with Crippen LogP contribution in [0.1, 0.15) is 9.88 Å². The Morgan fingerprint density at radius 3 is 2.87 bits per heavy atom. The fourth-order valence-electron chi connectivity index (χ4n) is 0.906. The Balaban J connectivity index is 2.53. The molecule has 0 fully saturated rings. The van der Waals surface area contributed by atoms with Gasteiger partial charge >= 0.3 is 0 Å². The van der Waals surface area contributed by atoms with Crippen molar-refractivity contribution in [3.05, 3.63) is 16.1 Å². The molecule has 0 amide bonds. The fraction of sp³-hybridized carbons (Fsp3) is 0.429. The highest BCUT2D eigenvalue weighted by atomic mass is 32.2. The van der Waals surface area contributed by atoms with Crippen molar-refractivity contribution in [3.8, 4) is 0 Å². The van der Waals surface area contributed by atoms with Crippen LogP contribution < -0.4 is 10.5 Å². The Bertz CT molecular complexity index is 452. The van der Waals surface area contributed by atoms with E-state index < -0.39 is 10.0 Å². The molecule has 84 valence electrons. The van der Waals surface area contributed by atoms with Crippen LogP contribution >= 0.6 is 23.6 Å². The molecule has 8 heteroatoms. The second-order valence-electron chi connectivity index (χ2n) is 2.89. The molecular weight excluding hydrogens is 254 g/mol. The average molecular weight is 265 g/mol. The van der Waals surface area contributed by atoms with Gasteiger partial charge in [0.15, 0.2) is 0 Å². The molecule has 1 aromatic heterocycles. The van der Waals surface area contributed by atoms with Gasteiger partial charge < -0.3 is 5.73 Å². The number of nitrogens with two attached hydrogens (primary N) is 1. The van der Waals surface area contributed by atoms with Gasteiger partial charge in [-0.3, -0.25) is 0 Å². The van der Waals surface area contributed by atoms with Crippen molar-refractivity contribution in [1.29, 1.82) is 0 Å². The molecule has 0 aromatic carbocycles. The molecule has 0 atom stereocenters. The van der Waals surface area contributed by atoms with Crippen LogP contribution in [0.15, 0.2) is 6.20 Å². The molecule has 0 unspecified atom stereocenters. The van der Waals surface area contributed by atoms with Gasteiger partial charge in [-0.05, 0) is 6.92 Å². The molecule has 0 spiro atoms. The van der Waals surface area contributed by atoms with E-state index >= 15 is 0 Å². The maximum absolute atomic E-state index is 11.3. The Kier molecular flexibility index (Phi) is 4.14. The van der Waals surface area contributed by atoms with Crippen LogP contribution in [0, 0.1) is 6.92 Å². The van der Waals surface area contributed by atoms with Gasteiger partial charge in [-0.15, -0.1) is 11.3 Å². The lowest BCUT2D eigenvalue weighted by Gasteiger charge is -2.03. The second kappa shape index (κ2) is 4.97. The minimum Gasteiger partial charge on any atom is -0.392 e. The van der Waals surface area contributed by atoms with Gasteiger partial charge in [0.2, 0.25) is 10.0 Å². The normalized spacial score (nSPS) is 11.5. The quantitative estimate of drug-likeness (QED) is 0.741. The number of nitrogens with zero attached hydrogens (tertiary/aromatic N) is 1.